The van der Waals surface area contributed by atoms with Gasteiger partial charge in [0.1, 0.15) is 0 Å². The molecular formula is C18H31N. The number of nitrogens with one attached hydrogen (secondary N) is 1. The summed E-state index contributed by atoms with van der Waals surface area (Å²) in [5, 5.41) is 3.61. The van der Waals surface area contributed by atoms with Crippen molar-refractivity contribution < 1.29 is 0 Å². The maximum absolute atomic E-state index is 3.61. The number of hydrogen-bond donors (Lipinski definition) is 1. The number of unbranched alkanes of at least 4 members (excludes halogenated alkanes) is 6. The van der Waals surface area contributed by atoms with Crippen LogP contribution in [0.25, 0.3) is 0 Å². The van der Waals surface area contributed by atoms with Gasteiger partial charge in [-0.15, -0.1) is 0 Å². The predicted molar refractivity (Wildman–Crippen MR) is 86.9 cm³/mol. The zero-order valence-corrected chi connectivity index (χ0v) is 12.9. The van der Waals surface area contributed by atoms with E-state index in [9.17, 15) is 0 Å². The lowest BCUT2D eigenvalue weighted by molar-refractivity contribution is 0.666. The Hall–Kier alpha value is -0.980. The Bertz CT molecular complexity index is 319. The van der Waals surface area contributed by atoms with Crippen LogP contribution in [-0.2, 0) is 6.42 Å². The van der Waals surface area contributed by atoms with Crippen molar-refractivity contribution in [1.82, 2.24) is 0 Å². The maximum Gasteiger partial charge on any atom is 0.0372 e. The Morgan fingerprint density at radius 2 is 1.47 bits per heavy atom. The monoisotopic (exact) mass is 261 g/mol. The highest BCUT2D eigenvalue weighted by Gasteiger charge is 2.00. The molecule has 108 valence electrons. The standard InChI is InChI=1S/C18H31N/c1-3-5-7-9-13-17-14-10-11-15-18(17)19-16-12-8-6-4-2/h10-11,14-15,19H,3-9,12-13,16H2,1-2H3. The highest BCUT2D eigenvalue weighted by Crippen LogP contribution is 2.18. The Labute approximate surface area is 119 Å². The summed E-state index contributed by atoms with van der Waals surface area (Å²) in [7, 11) is 0. The van der Waals surface area contributed by atoms with Crippen LogP contribution in [0.15, 0.2) is 24.3 Å². The Kier molecular flexibility index (Phi) is 9.22. The molecule has 1 rings (SSSR count). The van der Waals surface area contributed by atoms with Gasteiger partial charge >= 0.3 is 0 Å². The quantitative estimate of drug-likeness (QED) is 0.496. The lowest BCUT2D eigenvalue weighted by atomic mass is 10.0. The first-order valence-electron chi connectivity index (χ1n) is 8.20. The molecule has 0 aliphatic heterocycles. The highest BCUT2D eigenvalue weighted by atomic mass is 14.9. The number of benzene rings is 1. The maximum atomic E-state index is 3.61. The summed E-state index contributed by atoms with van der Waals surface area (Å²) in [6.45, 7) is 5.65. The van der Waals surface area contributed by atoms with Gasteiger partial charge in [0, 0.05) is 12.2 Å². The van der Waals surface area contributed by atoms with Crippen LogP contribution in [-0.4, -0.2) is 6.54 Å². The first-order chi connectivity index (χ1) is 9.38. The summed E-state index contributed by atoms with van der Waals surface area (Å²) in [5.74, 6) is 0. The second kappa shape index (κ2) is 10.9. The largest absolute Gasteiger partial charge is 0.385 e. The molecule has 0 aromatic heterocycles. The topological polar surface area (TPSA) is 12.0 Å². The van der Waals surface area contributed by atoms with Crippen molar-refractivity contribution >= 4 is 5.69 Å². The van der Waals surface area contributed by atoms with E-state index < -0.39 is 0 Å². The zero-order chi connectivity index (χ0) is 13.8. The number of anilines is 1. The van der Waals surface area contributed by atoms with Gasteiger partial charge in [0.25, 0.3) is 0 Å². The second-order valence-electron chi connectivity index (χ2n) is 5.46. The van der Waals surface area contributed by atoms with E-state index in [-0.39, 0.29) is 0 Å². The summed E-state index contributed by atoms with van der Waals surface area (Å²) in [5.41, 5.74) is 2.85. The number of hydrogen-bond acceptors (Lipinski definition) is 1. The van der Waals surface area contributed by atoms with E-state index in [2.05, 4.69) is 43.4 Å². The smallest absolute Gasteiger partial charge is 0.0372 e. The SMILES string of the molecule is CCCCCCNc1ccccc1CCCCCC. The van der Waals surface area contributed by atoms with Crippen LogP contribution in [0.1, 0.15) is 70.8 Å². The summed E-state index contributed by atoms with van der Waals surface area (Å²) < 4.78 is 0. The van der Waals surface area contributed by atoms with Gasteiger partial charge in [-0.3, -0.25) is 0 Å². The number of rotatable bonds is 11. The molecule has 1 nitrogen and oxygen atoms in total. The minimum atomic E-state index is 1.12. The van der Waals surface area contributed by atoms with E-state index in [1.807, 2.05) is 0 Å². The van der Waals surface area contributed by atoms with E-state index in [4.69, 9.17) is 0 Å². The Balaban J connectivity index is 2.31. The molecule has 0 saturated carbocycles. The fraction of sp³-hybridized carbons (Fsp3) is 0.667. The minimum Gasteiger partial charge on any atom is -0.385 e. The van der Waals surface area contributed by atoms with Gasteiger partial charge in [-0.25, -0.2) is 0 Å². The molecule has 1 N–H and O–H groups in total. The lowest BCUT2D eigenvalue weighted by Crippen LogP contribution is -2.04. The molecule has 0 amide bonds. The zero-order valence-electron chi connectivity index (χ0n) is 12.9. The average molecular weight is 261 g/mol. The molecule has 1 aromatic carbocycles. The molecule has 1 aromatic rings. The van der Waals surface area contributed by atoms with Gasteiger partial charge in [-0.05, 0) is 30.9 Å². The Morgan fingerprint density at radius 1 is 0.789 bits per heavy atom. The molecule has 0 heterocycles. The van der Waals surface area contributed by atoms with E-state index in [0.717, 1.165) is 6.54 Å². The second-order valence-corrected chi connectivity index (χ2v) is 5.46. The van der Waals surface area contributed by atoms with Crippen LogP contribution in [0.5, 0.6) is 0 Å². The van der Waals surface area contributed by atoms with Gasteiger partial charge in [0.05, 0.1) is 0 Å². The van der Waals surface area contributed by atoms with Crippen LogP contribution in [0.4, 0.5) is 5.69 Å². The predicted octanol–water partition coefficient (Wildman–Crippen LogP) is 5.80. The number of para-hydroxylation sites is 1. The van der Waals surface area contributed by atoms with Crippen molar-refractivity contribution in [3.63, 3.8) is 0 Å². The average Bonchev–Trinajstić information content (AvgIpc) is 2.45. The molecule has 0 aliphatic carbocycles. The summed E-state index contributed by atoms with van der Waals surface area (Å²) >= 11 is 0. The third kappa shape index (κ3) is 7.25. The molecule has 0 saturated heterocycles. The molecule has 0 atom stereocenters. The van der Waals surface area contributed by atoms with Crippen LogP contribution >= 0.6 is 0 Å². The van der Waals surface area contributed by atoms with E-state index in [0.29, 0.717) is 0 Å². The third-order valence-corrected chi connectivity index (χ3v) is 3.66. The van der Waals surface area contributed by atoms with Crippen molar-refractivity contribution in [2.45, 2.75) is 71.6 Å². The van der Waals surface area contributed by atoms with E-state index in [1.54, 1.807) is 0 Å². The Morgan fingerprint density at radius 3 is 2.21 bits per heavy atom. The van der Waals surface area contributed by atoms with Crippen molar-refractivity contribution in [1.29, 1.82) is 0 Å². The molecule has 0 bridgehead atoms. The van der Waals surface area contributed by atoms with Gasteiger partial charge < -0.3 is 5.32 Å². The molecule has 1 heteroatoms. The summed E-state index contributed by atoms with van der Waals surface area (Å²) in [6.07, 6.45) is 11.9. The van der Waals surface area contributed by atoms with Crippen LogP contribution in [0, 0.1) is 0 Å². The fourth-order valence-electron chi connectivity index (χ4n) is 2.43. The van der Waals surface area contributed by atoms with Crippen molar-refractivity contribution in [2.24, 2.45) is 0 Å². The van der Waals surface area contributed by atoms with E-state index in [1.165, 1.54) is 69.0 Å². The van der Waals surface area contributed by atoms with Crippen LogP contribution in [0.2, 0.25) is 0 Å². The van der Waals surface area contributed by atoms with Gasteiger partial charge in [-0.2, -0.15) is 0 Å². The van der Waals surface area contributed by atoms with Crippen molar-refractivity contribution in [3.05, 3.63) is 29.8 Å². The van der Waals surface area contributed by atoms with Gasteiger partial charge in [0.15, 0.2) is 0 Å². The molecular weight excluding hydrogens is 230 g/mol. The minimum absolute atomic E-state index is 1.12. The molecule has 0 aliphatic rings. The van der Waals surface area contributed by atoms with Crippen molar-refractivity contribution in [3.8, 4) is 0 Å². The molecule has 19 heavy (non-hydrogen) atoms. The van der Waals surface area contributed by atoms with Crippen molar-refractivity contribution in [2.75, 3.05) is 11.9 Å². The molecule has 0 unspecified atom stereocenters. The van der Waals surface area contributed by atoms with Crippen LogP contribution in [0.3, 0.4) is 0 Å². The first-order valence-corrected chi connectivity index (χ1v) is 8.20. The lowest BCUT2D eigenvalue weighted by Gasteiger charge is -2.12. The summed E-state index contributed by atoms with van der Waals surface area (Å²) in [4.78, 5) is 0. The molecule has 0 fully saturated rings. The first kappa shape index (κ1) is 16.1. The fourth-order valence-corrected chi connectivity index (χ4v) is 2.43. The normalized spacial score (nSPS) is 10.6. The number of aryl methyl sites for hydroxylation is 1. The van der Waals surface area contributed by atoms with Crippen LogP contribution < -0.4 is 5.32 Å². The molecule has 0 spiro atoms. The van der Waals surface area contributed by atoms with Gasteiger partial charge in [0.2, 0.25) is 0 Å². The van der Waals surface area contributed by atoms with E-state index >= 15 is 0 Å². The van der Waals surface area contributed by atoms with Gasteiger partial charge in [-0.1, -0.05) is 70.6 Å². The summed E-state index contributed by atoms with van der Waals surface area (Å²) in [6, 6.07) is 8.82. The highest BCUT2D eigenvalue weighted by molar-refractivity contribution is 5.51. The molecule has 0 radical (unpaired) electrons. The third-order valence-electron chi connectivity index (χ3n) is 3.66.